The first-order valence-electron chi connectivity index (χ1n) is 11.0. The smallest absolute Gasteiger partial charge is 0.246 e. The van der Waals surface area contributed by atoms with Crippen LogP contribution in [0.1, 0.15) is 23.6 Å². The van der Waals surface area contributed by atoms with E-state index in [-0.39, 0.29) is 5.91 Å². The van der Waals surface area contributed by atoms with Crippen molar-refractivity contribution in [1.29, 1.82) is 0 Å². The van der Waals surface area contributed by atoms with E-state index in [1.807, 2.05) is 44.2 Å². The van der Waals surface area contributed by atoms with E-state index in [1.165, 1.54) is 9.87 Å². The van der Waals surface area contributed by atoms with Crippen LogP contribution in [0.4, 0.5) is 5.69 Å². The van der Waals surface area contributed by atoms with Crippen LogP contribution in [0, 0.1) is 13.8 Å². The van der Waals surface area contributed by atoms with Gasteiger partial charge in [-0.15, -0.1) is 0 Å². The number of piperazine rings is 1. The molecule has 1 aliphatic rings. The molecule has 1 amide bonds. The molecule has 2 aromatic carbocycles. The van der Waals surface area contributed by atoms with Gasteiger partial charge in [-0.25, -0.2) is 8.42 Å². The van der Waals surface area contributed by atoms with E-state index in [2.05, 4.69) is 29.2 Å². The van der Waals surface area contributed by atoms with Crippen LogP contribution in [0.15, 0.2) is 54.6 Å². The summed E-state index contributed by atoms with van der Waals surface area (Å²) in [5.74, 6) is -0.159. The Morgan fingerprint density at radius 3 is 2.28 bits per heavy atom. The summed E-state index contributed by atoms with van der Waals surface area (Å²) in [5, 5.41) is 0. The van der Waals surface area contributed by atoms with Crippen LogP contribution in [0.25, 0.3) is 6.08 Å². The van der Waals surface area contributed by atoms with Gasteiger partial charge >= 0.3 is 0 Å². The number of anilines is 1. The lowest BCUT2D eigenvalue weighted by Crippen LogP contribution is -2.55. The summed E-state index contributed by atoms with van der Waals surface area (Å²) in [6.07, 6.45) is 5.40. The van der Waals surface area contributed by atoms with Gasteiger partial charge in [0.15, 0.2) is 0 Å². The predicted molar refractivity (Wildman–Crippen MR) is 131 cm³/mol. The molecule has 1 aliphatic heterocycles. The van der Waals surface area contributed by atoms with Crippen LogP contribution in [0.2, 0.25) is 0 Å². The zero-order chi connectivity index (χ0) is 23.3. The Hall–Kier alpha value is -2.64. The van der Waals surface area contributed by atoms with Crippen molar-refractivity contribution in [2.75, 3.05) is 43.3 Å². The van der Waals surface area contributed by atoms with Gasteiger partial charge in [-0.1, -0.05) is 48.6 Å². The van der Waals surface area contributed by atoms with Crippen LogP contribution in [-0.4, -0.2) is 69.1 Å². The maximum Gasteiger partial charge on any atom is 0.246 e. The number of rotatable bonds is 7. The average Bonchev–Trinajstić information content (AvgIpc) is 2.76. The fourth-order valence-corrected chi connectivity index (χ4v) is 5.14. The van der Waals surface area contributed by atoms with Crippen molar-refractivity contribution in [1.82, 2.24) is 9.80 Å². The van der Waals surface area contributed by atoms with E-state index in [4.69, 9.17) is 0 Å². The standard InChI is InChI=1S/C25H33N3O3S/c1-20-12-13-24(19-21(20)2)28(32(4,30)31)22(3)25(29)27-17-15-26(16-18-27)14-8-11-23-9-6-5-7-10-23/h5-13,19,22H,14-18H2,1-4H3/b11-8+/t22-/m0/s1. The summed E-state index contributed by atoms with van der Waals surface area (Å²) in [7, 11) is -3.61. The lowest BCUT2D eigenvalue weighted by atomic mass is 10.1. The number of hydrogen-bond acceptors (Lipinski definition) is 4. The Balaban J connectivity index is 1.62. The Kier molecular flexibility index (Phi) is 7.74. The molecular formula is C25H33N3O3S. The van der Waals surface area contributed by atoms with E-state index in [0.717, 1.165) is 37.0 Å². The molecule has 0 radical (unpaired) electrons. The molecule has 7 heteroatoms. The zero-order valence-corrected chi connectivity index (χ0v) is 20.2. The van der Waals surface area contributed by atoms with Gasteiger partial charge < -0.3 is 4.90 Å². The maximum atomic E-state index is 13.2. The minimum absolute atomic E-state index is 0.159. The van der Waals surface area contributed by atoms with Gasteiger partial charge in [-0.2, -0.15) is 0 Å². The monoisotopic (exact) mass is 455 g/mol. The van der Waals surface area contributed by atoms with Gasteiger partial charge in [0, 0.05) is 32.7 Å². The van der Waals surface area contributed by atoms with Crippen molar-refractivity contribution in [3.05, 3.63) is 71.3 Å². The highest BCUT2D eigenvalue weighted by Gasteiger charge is 2.33. The van der Waals surface area contributed by atoms with Crippen LogP contribution in [0.5, 0.6) is 0 Å². The van der Waals surface area contributed by atoms with Crippen LogP contribution >= 0.6 is 0 Å². The average molecular weight is 456 g/mol. The number of sulfonamides is 1. The third kappa shape index (κ3) is 5.99. The summed E-state index contributed by atoms with van der Waals surface area (Å²) < 4.78 is 26.4. The molecule has 172 valence electrons. The molecule has 32 heavy (non-hydrogen) atoms. The largest absolute Gasteiger partial charge is 0.338 e. The zero-order valence-electron chi connectivity index (χ0n) is 19.4. The number of carbonyl (C=O) groups excluding carboxylic acids is 1. The minimum atomic E-state index is -3.61. The van der Waals surface area contributed by atoms with Crippen molar-refractivity contribution < 1.29 is 13.2 Å². The second-order valence-corrected chi connectivity index (χ2v) is 10.3. The summed E-state index contributed by atoms with van der Waals surface area (Å²) in [6.45, 7) is 9.13. The van der Waals surface area contributed by atoms with Gasteiger partial charge in [-0.3, -0.25) is 14.0 Å². The van der Waals surface area contributed by atoms with Crippen molar-refractivity contribution in [3.8, 4) is 0 Å². The number of carbonyl (C=O) groups is 1. The van der Waals surface area contributed by atoms with Gasteiger partial charge in [0.1, 0.15) is 6.04 Å². The first-order valence-corrected chi connectivity index (χ1v) is 12.8. The highest BCUT2D eigenvalue weighted by Crippen LogP contribution is 2.24. The minimum Gasteiger partial charge on any atom is -0.338 e. The molecule has 6 nitrogen and oxygen atoms in total. The number of amides is 1. The Morgan fingerprint density at radius 1 is 1.03 bits per heavy atom. The van der Waals surface area contributed by atoms with Gasteiger partial charge in [0.2, 0.25) is 15.9 Å². The number of aryl methyl sites for hydroxylation is 2. The van der Waals surface area contributed by atoms with Gasteiger partial charge in [0.05, 0.1) is 11.9 Å². The van der Waals surface area contributed by atoms with Gasteiger partial charge in [-0.05, 0) is 49.6 Å². The van der Waals surface area contributed by atoms with Crippen LogP contribution in [-0.2, 0) is 14.8 Å². The molecule has 1 fully saturated rings. The molecule has 1 saturated heterocycles. The topological polar surface area (TPSA) is 60.9 Å². The van der Waals surface area contributed by atoms with Crippen LogP contribution < -0.4 is 4.31 Å². The second kappa shape index (κ2) is 10.3. The molecule has 3 rings (SSSR count). The highest BCUT2D eigenvalue weighted by atomic mass is 32.2. The maximum absolute atomic E-state index is 13.2. The number of nitrogens with zero attached hydrogens (tertiary/aromatic N) is 3. The third-order valence-corrected chi connectivity index (χ3v) is 7.21. The lowest BCUT2D eigenvalue weighted by Gasteiger charge is -2.38. The van der Waals surface area contributed by atoms with Crippen molar-refractivity contribution in [2.45, 2.75) is 26.8 Å². The number of benzene rings is 2. The molecular weight excluding hydrogens is 422 g/mol. The van der Waals surface area contributed by atoms with Crippen molar-refractivity contribution >= 4 is 27.7 Å². The Morgan fingerprint density at radius 2 is 1.69 bits per heavy atom. The second-order valence-electron chi connectivity index (χ2n) is 8.44. The van der Waals surface area contributed by atoms with Gasteiger partial charge in [0.25, 0.3) is 0 Å². The molecule has 0 aromatic heterocycles. The quantitative estimate of drug-likeness (QED) is 0.643. The summed E-state index contributed by atoms with van der Waals surface area (Å²) in [4.78, 5) is 17.3. The first kappa shape index (κ1) is 24.0. The lowest BCUT2D eigenvalue weighted by molar-refractivity contribution is -0.133. The van der Waals surface area contributed by atoms with E-state index in [0.29, 0.717) is 18.8 Å². The molecule has 0 aliphatic carbocycles. The van der Waals surface area contributed by atoms with Crippen molar-refractivity contribution in [2.24, 2.45) is 0 Å². The Labute approximate surface area is 192 Å². The van der Waals surface area contributed by atoms with E-state index in [9.17, 15) is 13.2 Å². The third-order valence-electron chi connectivity index (χ3n) is 5.97. The SMILES string of the molecule is Cc1ccc(N([C@@H](C)C(=O)N2CCN(C/C=C/c3ccccc3)CC2)S(C)(=O)=O)cc1C. The summed E-state index contributed by atoms with van der Waals surface area (Å²) in [6, 6.07) is 14.9. The molecule has 0 unspecified atom stereocenters. The normalized spacial score (nSPS) is 16.3. The van der Waals surface area contributed by atoms with E-state index < -0.39 is 16.1 Å². The van der Waals surface area contributed by atoms with Crippen molar-refractivity contribution in [3.63, 3.8) is 0 Å². The highest BCUT2D eigenvalue weighted by molar-refractivity contribution is 7.92. The van der Waals surface area contributed by atoms with E-state index >= 15 is 0 Å². The first-order chi connectivity index (χ1) is 15.2. The molecule has 0 bridgehead atoms. The molecule has 0 N–H and O–H groups in total. The molecule has 0 saturated carbocycles. The van der Waals surface area contributed by atoms with Crippen LogP contribution in [0.3, 0.4) is 0 Å². The fraction of sp³-hybridized carbons (Fsp3) is 0.400. The van der Waals surface area contributed by atoms with E-state index in [1.54, 1.807) is 17.9 Å². The molecule has 2 aromatic rings. The molecule has 1 heterocycles. The molecule has 1 atom stereocenters. The molecule has 0 spiro atoms. The number of hydrogen-bond donors (Lipinski definition) is 0. The summed E-state index contributed by atoms with van der Waals surface area (Å²) in [5.41, 5.74) is 3.77. The summed E-state index contributed by atoms with van der Waals surface area (Å²) >= 11 is 0. The predicted octanol–water partition coefficient (Wildman–Crippen LogP) is 3.32. The Bertz CT molecular complexity index is 1060. The fourth-order valence-electron chi connectivity index (χ4n) is 3.98.